The van der Waals surface area contributed by atoms with Gasteiger partial charge >= 0.3 is 0 Å². The molecule has 0 aliphatic rings. The summed E-state index contributed by atoms with van der Waals surface area (Å²) in [4.78, 5) is 24.8. The van der Waals surface area contributed by atoms with Gasteiger partial charge in [-0.25, -0.2) is 19.9 Å². The highest BCUT2D eigenvalue weighted by Gasteiger charge is 2.16. The number of fused-ring (bicyclic) bond motifs is 10. The molecule has 0 aliphatic heterocycles. The third-order valence-corrected chi connectivity index (χ3v) is 11.5. The van der Waals surface area contributed by atoms with Crippen molar-refractivity contribution in [1.29, 1.82) is 0 Å². The zero-order chi connectivity index (χ0) is 38.9. The van der Waals surface area contributed by atoms with Crippen LogP contribution in [0.1, 0.15) is 0 Å². The first-order chi connectivity index (χ1) is 29.2. The highest BCUT2D eigenvalue weighted by atomic mass is 15.0. The molecular formula is C53H32N6. The number of para-hydroxylation sites is 2. The molecule has 0 saturated carbocycles. The summed E-state index contributed by atoms with van der Waals surface area (Å²) >= 11 is 0. The van der Waals surface area contributed by atoms with Crippen LogP contribution in [0.4, 0.5) is 0 Å². The van der Waals surface area contributed by atoms with E-state index >= 15 is 0 Å². The average Bonchev–Trinajstić information content (AvgIpc) is 3.71. The maximum atomic E-state index is 5.10. The molecule has 6 heteroatoms. The number of nitrogens with zero attached hydrogens (tertiary/aromatic N) is 6. The number of pyridine rings is 2. The Morgan fingerprint density at radius 2 is 0.966 bits per heavy atom. The van der Waals surface area contributed by atoms with Crippen LogP contribution in [0.15, 0.2) is 194 Å². The van der Waals surface area contributed by atoms with Crippen LogP contribution in [-0.2, 0) is 0 Å². The molecule has 59 heavy (non-hydrogen) atoms. The number of imidazole rings is 1. The number of hydrogen-bond donors (Lipinski definition) is 0. The van der Waals surface area contributed by atoms with E-state index in [4.69, 9.17) is 19.9 Å². The molecule has 12 aromatic rings. The van der Waals surface area contributed by atoms with E-state index in [-0.39, 0.29) is 0 Å². The predicted molar refractivity (Wildman–Crippen MR) is 241 cm³/mol. The van der Waals surface area contributed by atoms with Crippen molar-refractivity contribution in [3.05, 3.63) is 194 Å². The summed E-state index contributed by atoms with van der Waals surface area (Å²) in [6.07, 6.45) is 3.76. The molecule has 0 bridgehead atoms. The van der Waals surface area contributed by atoms with Gasteiger partial charge in [-0.3, -0.25) is 9.38 Å². The lowest BCUT2D eigenvalue weighted by atomic mass is 9.98. The van der Waals surface area contributed by atoms with Crippen molar-refractivity contribution < 1.29 is 0 Å². The van der Waals surface area contributed by atoms with Crippen molar-refractivity contribution in [3.8, 4) is 56.4 Å². The molecule has 0 radical (unpaired) electrons. The average molecular weight is 753 g/mol. The molecule has 4 heterocycles. The van der Waals surface area contributed by atoms with Crippen molar-refractivity contribution in [2.45, 2.75) is 0 Å². The summed E-state index contributed by atoms with van der Waals surface area (Å²) < 4.78 is 2.30. The van der Waals surface area contributed by atoms with Crippen molar-refractivity contribution in [2.75, 3.05) is 0 Å². The highest BCUT2D eigenvalue weighted by Crippen LogP contribution is 2.36. The van der Waals surface area contributed by atoms with Crippen LogP contribution in [0, 0.1) is 0 Å². The van der Waals surface area contributed by atoms with E-state index in [1.807, 2.05) is 24.5 Å². The summed E-state index contributed by atoms with van der Waals surface area (Å²) in [7, 11) is 0. The van der Waals surface area contributed by atoms with E-state index in [0.717, 1.165) is 82.7 Å². The molecular weight excluding hydrogens is 721 g/mol. The van der Waals surface area contributed by atoms with Gasteiger partial charge in [0.2, 0.25) is 0 Å². The summed E-state index contributed by atoms with van der Waals surface area (Å²) in [5, 5.41) is 8.12. The summed E-state index contributed by atoms with van der Waals surface area (Å²) in [5.74, 6) is 1.86. The van der Waals surface area contributed by atoms with Gasteiger partial charge < -0.3 is 0 Å². The van der Waals surface area contributed by atoms with Crippen LogP contribution >= 0.6 is 0 Å². The largest absolute Gasteiger partial charge is 0.292 e. The Balaban J connectivity index is 0.964. The van der Waals surface area contributed by atoms with E-state index in [1.54, 1.807) is 0 Å². The molecule has 0 unspecified atom stereocenters. The van der Waals surface area contributed by atoms with Crippen LogP contribution < -0.4 is 0 Å². The molecule has 0 aliphatic carbocycles. The molecule has 0 fully saturated rings. The molecule has 4 aromatic heterocycles. The first-order valence-electron chi connectivity index (χ1n) is 19.7. The molecule has 12 rings (SSSR count). The van der Waals surface area contributed by atoms with Crippen LogP contribution in [0.3, 0.4) is 0 Å². The summed E-state index contributed by atoms with van der Waals surface area (Å²) in [6, 6.07) is 63.8. The van der Waals surface area contributed by atoms with Crippen molar-refractivity contribution >= 4 is 59.9 Å². The van der Waals surface area contributed by atoms with E-state index in [9.17, 15) is 0 Å². The maximum Gasteiger partial charge on any atom is 0.164 e. The van der Waals surface area contributed by atoms with Crippen LogP contribution in [0.5, 0.6) is 0 Å². The van der Waals surface area contributed by atoms with E-state index in [0.29, 0.717) is 17.5 Å². The minimum Gasteiger partial charge on any atom is -0.292 e. The highest BCUT2D eigenvalue weighted by molar-refractivity contribution is 6.14. The Bertz CT molecular complexity index is 3600. The number of aromatic nitrogens is 6. The molecule has 0 amide bonds. The summed E-state index contributed by atoms with van der Waals surface area (Å²) in [6.45, 7) is 0. The molecule has 0 saturated heterocycles. The Morgan fingerprint density at radius 3 is 1.78 bits per heavy atom. The molecule has 6 nitrogen and oxygen atoms in total. The Hall–Kier alpha value is -8.09. The monoisotopic (exact) mass is 752 g/mol. The minimum absolute atomic E-state index is 0.616. The number of hydrogen-bond acceptors (Lipinski definition) is 5. The third kappa shape index (κ3) is 5.53. The van der Waals surface area contributed by atoms with Crippen LogP contribution in [-0.4, -0.2) is 29.3 Å². The van der Waals surface area contributed by atoms with Gasteiger partial charge in [0.05, 0.1) is 16.6 Å². The van der Waals surface area contributed by atoms with E-state index < -0.39 is 0 Å². The van der Waals surface area contributed by atoms with Gasteiger partial charge in [0.25, 0.3) is 0 Å². The first kappa shape index (κ1) is 33.1. The standard InChI is InChI=1S/C53H32N6/c1-2-9-39-30-41(25-18-33(39)8-1)52-57-50(56-51(58-52)38-23-19-36(20-24-38)42-13-7-10-35-28-29-54-32-46(35)42)37-21-16-34(17-22-37)40-26-27-44-43-11-3-4-12-45(43)53-55-47-14-5-6-15-48(47)59(53)49(44)31-40/h1-32H. The van der Waals surface area contributed by atoms with E-state index in [1.165, 1.54) is 16.2 Å². The molecule has 0 N–H and O–H groups in total. The van der Waals surface area contributed by atoms with Crippen LogP contribution in [0.25, 0.3) is 116 Å². The zero-order valence-corrected chi connectivity index (χ0v) is 31.7. The van der Waals surface area contributed by atoms with Gasteiger partial charge in [0.1, 0.15) is 5.65 Å². The molecule has 8 aromatic carbocycles. The fraction of sp³-hybridized carbons (Fsp3) is 0. The van der Waals surface area contributed by atoms with Gasteiger partial charge in [0, 0.05) is 45.2 Å². The topological polar surface area (TPSA) is 68.9 Å². The van der Waals surface area contributed by atoms with Crippen LogP contribution in [0.2, 0.25) is 0 Å². The predicted octanol–water partition coefficient (Wildman–Crippen LogP) is 13.0. The van der Waals surface area contributed by atoms with Crippen molar-refractivity contribution in [1.82, 2.24) is 29.3 Å². The second-order valence-electron chi connectivity index (χ2n) is 15.0. The van der Waals surface area contributed by atoms with Gasteiger partial charge in [-0.2, -0.15) is 0 Å². The van der Waals surface area contributed by atoms with Gasteiger partial charge in [0.15, 0.2) is 17.5 Å². The zero-order valence-electron chi connectivity index (χ0n) is 31.7. The maximum absolute atomic E-state index is 5.10. The van der Waals surface area contributed by atoms with E-state index in [2.05, 4.69) is 179 Å². The molecule has 0 spiro atoms. The Kier molecular flexibility index (Phi) is 7.43. The van der Waals surface area contributed by atoms with Gasteiger partial charge in [-0.05, 0) is 74.1 Å². The quantitative estimate of drug-likeness (QED) is 0.164. The SMILES string of the molecule is c1ccc2cc(-c3nc(-c4ccc(-c5ccc6c7ccccc7c7nc8ccccc8n7c6c5)cc4)nc(-c4ccc(-c5cccc6ccncc56)cc4)n3)ccc2c1. The smallest absolute Gasteiger partial charge is 0.164 e. The second-order valence-corrected chi connectivity index (χ2v) is 15.0. The van der Waals surface area contributed by atoms with Gasteiger partial charge in [-0.15, -0.1) is 0 Å². The summed E-state index contributed by atoms with van der Waals surface area (Å²) in [5.41, 5.74) is 11.4. The fourth-order valence-corrected chi connectivity index (χ4v) is 8.55. The number of benzene rings is 8. The van der Waals surface area contributed by atoms with Gasteiger partial charge in [-0.1, -0.05) is 152 Å². The van der Waals surface area contributed by atoms with Crippen molar-refractivity contribution in [2.24, 2.45) is 0 Å². The lowest BCUT2D eigenvalue weighted by Crippen LogP contribution is -2.00. The third-order valence-electron chi connectivity index (χ3n) is 11.5. The first-order valence-corrected chi connectivity index (χ1v) is 19.7. The number of rotatable bonds is 5. The minimum atomic E-state index is 0.616. The Morgan fingerprint density at radius 1 is 0.339 bits per heavy atom. The van der Waals surface area contributed by atoms with Crippen molar-refractivity contribution in [3.63, 3.8) is 0 Å². The molecule has 274 valence electrons. The lowest BCUT2D eigenvalue weighted by Gasteiger charge is -2.12. The second kappa shape index (κ2) is 13.3. The Labute approximate surface area is 338 Å². The normalized spacial score (nSPS) is 11.7. The lowest BCUT2D eigenvalue weighted by molar-refractivity contribution is 1.07. The molecule has 0 atom stereocenters. The fourth-order valence-electron chi connectivity index (χ4n) is 8.55.